The van der Waals surface area contributed by atoms with Crippen molar-refractivity contribution in [2.45, 2.75) is 13.3 Å². The quantitative estimate of drug-likeness (QED) is 0.533. The van der Waals surface area contributed by atoms with Gasteiger partial charge in [0.2, 0.25) is 0 Å². The van der Waals surface area contributed by atoms with Crippen molar-refractivity contribution in [2.75, 3.05) is 0 Å². The van der Waals surface area contributed by atoms with Crippen LogP contribution in [0, 0.1) is 0 Å². The van der Waals surface area contributed by atoms with E-state index in [1.165, 1.54) is 6.92 Å². The number of hydrogen-bond acceptors (Lipinski definition) is 2. The molecule has 4 heteroatoms. The molecule has 0 heterocycles. The van der Waals surface area contributed by atoms with Gasteiger partial charge in [-0.25, -0.2) is 0 Å². The van der Waals surface area contributed by atoms with Crippen LogP contribution in [-0.4, -0.2) is 44.2 Å². The minimum atomic E-state index is -1.06. The molecule has 0 atom stereocenters. The van der Waals surface area contributed by atoms with Crippen molar-refractivity contribution >= 4 is 39.1 Å². The summed E-state index contributed by atoms with van der Waals surface area (Å²) in [6.45, 7) is 1.24. The summed E-state index contributed by atoms with van der Waals surface area (Å²) in [6, 6.07) is 0. The summed E-state index contributed by atoms with van der Waals surface area (Å²) in [5.74, 6) is -1.37. The van der Waals surface area contributed by atoms with Crippen LogP contribution in [-0.2, 0) is 9.59 Å². The van der Waals surface area contributed by atoms with Gasteiger partial charge in [-0.3, -0.25) is 9.59 Å². The van der Waals surface area contributed by atoms with Gasteiger partial charge in [0.05, 0.1) is 0 Å². The van der Waals surface area contributed by atoms with Gasteiger partial charge >= 0.3 is 33.3 Å². The Bertz CT molecular complexity index is 87.5. The molecule has 0 fully saturated rings. The van der Waals surface area contributed by atoms with Crippen molar-refractivity contribution in [1.82, 2.24) is 0 Å². The van der Waals surface area contributed by atoms with Crippen molar-refractivity contribution in [1.29, 1.82) is 0 Å². The molecule has 8 heavy (non-hydrogen) atoms. The van der Waals surface area contributed by atoms with Gasteiger partial charge in [-0.1, -0.05) is 0 Å². The molecular weight excluding hydrogens is 303 g/mol. The number of rotatable bonds is 2. The summed E-state index contributed by atoms with van der Waals surface area (Å²) in [6.07, 6.45) is -0.361. The van der Waals surface area contributed by atoms with E-state index in [-0.39, 0.29) is 39.5 Å². The second-order valence-corrected chi connectivity index (χ2v) is 1.27. The van der Waals surface area contributed by atoms with Crippen molar-refractivity contribution in [3.05, 3.63) is 0 Å². The third-order valence-corrected chi connectivity index (χ3v) is 0.400. The summed E-state index contributed by atoms with van der Waals surface area (Å²) < 4.78 is 0. The van der Waals surface area contributed by atoms with E-state index < -0.39 is 5.97 Å². The maximum atomic E-state index is 9.87. The fraction of sp³-hybridized carbons (Fsp3) is 0.500. The Morgan fingerprint density at radius 1 is 1.50 bits per heavy atom. The second kappa shape index (κ2) is 5.20. The molecule has 1 N–H and O–H groups in total. The molecular formula is C4H8O3Pb. The molecule has 2 radical (unpaired) electrons. The first-order valence-electron chi connectivity index (χ1n) is 1.84. The number of hydrogen-bond donors (Lipinski definition) is 1. The fourth-order valence-corrected chi connectivity index (χ4v) is 0.213. The van der Waals surface area contributed by atoms with Crippen LogP contribution < -0.4 is 0 Å². The van der Waals surface area contributed by atoms with Crippen LogP contribution >= 0.6 is 0 Å². The van der Waals surface area contributed by atoms with E-state index in [2.05, 4.69) is 0 Å². The molecule has 0 aliphatic heterocycles. The van der Waals surface area contributed by atoms with Crippen LogP contribution in [0.15, 0.2) is 0 Å². The molecule has 0 aromatic heterocycles. The first kappa shape index (κ1) is 10.9. The van der Waals surface area contributed by atoms with Crippen LogP contribution in [0.5, 0.6) is 0 Å². The molecule has 0 bridgehead atoms. The molecule has 0 rings (SSSR count). The van der Waals surface area contributed by atoms with Crippen LogP contribution in [0.25, 0.3) is 0 Å². The zero-order valence-corrected chi connectivity index (χ0v) is 10.2. The summed E-state index contributed by atoms with van der Waals surface area (Å²) in [5.41, 5.74) is 0. The van der Waals surface area contributed by atoms with E-state index in [9.17, 15) is 9.59 Å². The average molecular weight is 311 g/mol. The minimum absolute atomic E-state index is 0. The molecule has 0 spiro atoms. The second-order valence-electron chi connectivity index (χ2n) is 1.27. The van der Waals surface area contributed by atoms with Crippen LogP contribution in [0.1, 0.15) is 13.3 Å². The first-order chi connectivity index (χ1) is 3.13. The van der Waals surface area contributed by atoms with Crippen molar-refractivity contribution in [2.24, 2.45) is 0 Å². The fourth-order valence-electron chi connectivity index (χ4n) is 0.213. The van der Waals surface area contributed by atoms with Gasteiger partial charge in [0.1, 0.15) is 12.2 Å². The van der Waals surface area contributed by atoms with E-state index in [0.717, 1.165) is 0 Å². The van der Waals surface area contributed by atoms with Gasteiger partial charge in [0.15, 0.2) is 0 Å². The van der Waals surface area contributed by atoms with E-state index in [1.807, 2.05) is 0 Å². The molecule has 3 nitrogen and oxygen atoms in total. The van der Waals surface area contributed by atoms with Crippen molar-refractivity contribution in [3.8, 4) is 0 Å². The van der Waals surface area contributed by atoms with Gasteiger partial charge < -0.3 is 5.11 Å². The summed E-state index contributed by atoms with van der Waals surface area (Å²) >= 11 is 0. The topological polar surface area (TPSA) is 54.4 Å². The predicted molar refractivity (Wildman–Crippen MR) is 31.5 cm³/mol. The predicted octanol–water partition coefficient (Wildman–Crippen LogP) is -0.866. The molecule has 46 valence electrons. The average Bonchev–Trinajstić information content (AvgIpc) is 1.27. The van der Waals surface area contributed by atoms with E-state index in [1.54, 1.807) is 0 Å². The van der Waals surface area contributed by atoms with Crippen molar-refractivity contribution < 1.29 is 14.7 Å². The third kappa shape index (κ3) is 9.41. The zero-order chi connectivity index (χ0) is 5.86. The Kier molecular flexibility index (Phi) is 7.12. The Morgan fingerprint density at radius 2 is 1.88 bits per heavy atom. The zero-order valence-electron chi connectivity index (χ0n) is 4.68. The standard InChI is InChI=1S/C4H6O3.Pb.2H/c1-3(5)2-4(6)7;;;/h2H2,1H3,(H,6,7);;;. The van der Waals surface area contributed by atoms with E-state index in [4.69, 9.17) is 5.11 Å². The molecule has 0 unspecified atom stereocenters. The summed E-state index contributed by atoms with van der Waals surface area (Å²) in [7, 11) is 0. The Balaban J connectivity index is 0. The Hall–Kier alpha value is 0.0621. The molecule has 0 saturated heterocycles. The molecule has 0 amide bonds. The number of carboxylic acids is 1. The van der Waals surface area contributed by atoms with Gasteiger partial charge in [0, 0.05) is 0 Å². The number of carboxylic acid groups (broad SMARTS) is 1. The number of Topliss-reactive ketones (excluding diaryl/α,β-unsaturated/α-hetero) is 1. The molecule has 0 saturated carbocycles. The van der Waals surface area contributed by atoms with Crippen LogP contribution in [0.3, 0.4) is 0 Å². The number of ketones is 1. The van der Waals surface area contributed by atoms with Gasteiger partial charge in [-0.05, 0) is 6.92 Å². The maximum absolute atomic E-state index is 9.87. The molecule has 0 aromatic rings. The van der Waals surface area contributed by atoms with Gasteiger partial charge in [-0.2, -0.15) is 0 Å². The van der Waals surface area contributed by atoms with E-state index in [0.29, 0.717) is 0 Å². The van der Waals surface area contributed by atoms with Crippen LogP contribution in [0.4, 0.5) is 0 Å². The van der Waals surface area contributed by atoms with Crippen molar-refractivity contribution in [3.63, 3.8) is 0 Å². The number of carbonyl (C=O) groups excluding carboxylic acids is 1. The summed E-state index contributed by atoms with van der Waals surface area (Å²) in [4.78, 5) is 19.5. The molecule has 0 aliphatic carbocycles. The SMILES string of the molecule is CC(=O)CC(=O)O.[PbH2]. The van der Waals surface area contributed by atoms with E-state index >= 15 is 0 Å². The summed E-state index contributed by atoms with van der Waals surface area (Å²) in [5, 5.41) is 7.86. The Labute approximate surface area is 67.2 Å². The normalized spacial score (nSPS) is 7.12. The number of carbonyl (C=O) groups is 2. The van der Waals surface area contributed by atoms with Gasteiger partial charge in [-0.15, -0.1) is 0 Å². The first-order valence-corrected chi connectivity index (χ1v) is 1.84. The van der Waals surface area contributed by atoms with Gasteiger partial charge in [0.25, 0.3) is 0 Å². The third-order valence-electron chi connectivity index (χ3n) is 0.400. The molecule has 0 aromatic carbocycles. The van der Waals surface area contributed by atoms with Crippen LogP contribution in [0.2, 0.25) is 0 Å². The monoisotopic (exact) mass is 312 g/mol. The Morgan fingerprint density at radius 3 is 1.88 bits per heavy atom. The number of aliphatic carboxylic acids is 1. The molecule has 0 aliphatic rings.